The highest BCUT2D eigenvalue weighted by Gasteiger charge is 2.18. The average molecular weight is 363 g/mol. The van der Waals surface area contributed by atoms with Crippen molar-refractivity contribution in [1.29, 1.82) is 0 Å². The summed E-state index contributed by atoms with van der Waals surface area (Å²) in [6.45, 7) is 3.70. The molecule has 4 rings (SSSR count). The van der Waals surface area contributed by atoms with E-state index in [4.69, 9.17) is 12.2 Å². The summed E-state index contributed by atoms with van der Waals surface area (Å²) in [6, 6.07) is 18.7. The summed E-state index contributed by atoms with van der Waals surface area (Å²) in [6.07, 6.45) is 3.77. The number of benzene rings is 2. The number of aromatic amines is 1. The molecule has 3 aromatic rings. The molecule has 5 nitrogen and oxygen atoms in total. The summed E-state index contributed by atoms with van der Waals surface area (Å²) in [5, 5.41) is 6.15. The average Bonchev–Trinajstić information content (AvgIpc) is 3.12. The van der Waals surface area contributed by atoms with Crippen molar-refractivity contribution in [3.05, 3.63) is 66.4 Å². The molecule has 1 aliphatic heterocycles. The van der Waals surface area contributed by atoms with Gasteiger partial charge in [0.2, 0.25) is 0 Å². The van der Waals surface area contributed by atoms with Crippen molar-refractivity contribution >= 4 is 40.1 Å². The first-order chi connectivity index (χ1) is 12.8. The van der Waals surface area contributed by atoms with Crippen molar-refractivity contribution in [2.45, 2.75) is 0 Å². The molecule has 1 saturated heterocycles. The second-order valence-electron chi connectivity index (χ2n) is 6.27. The number of piperazine rings is 1. The molecule has 0 bridgehead atoms. The molecule has 0 unspecified atom stereocenters. The molecule has 2 N–H and O–H groups in total. The monoisotopic (exact) mass is 363 g/mol. The van der Waals surface area contributed by atoms with E-state index in [1.807, 2.05) is 30.6 Å². The van der Waals surface area contributed by atoms with Crippen LogP contribution in [0.4, 0.5) is 5.69 Å². The fourth-order valence-electron chi connectivity index (χ4n) is 3.24. The molecule has 2 heterocycles. The Kier molecular flexibility index (Phi) is 4.84. The number of nitrogens with one attached hydrogen (secondary N) is 2. The van der Waals surface area contributed by atoms with Gasteiger partial charge in [-0.25, -0.2) is 0 Å². The molecule has 1 fully saturated rings. The van der Waals surface area contributed by atoms with Crippen LogP contribution in [0.2, 0.25) is 0 Å². The Hall–Kier alpha value is -2.86. The van der Waals surface area contributed by atoms with Crippen molar-refractivity contribution in [2.75, 3.05) is 31.1 Å². The normalized spacial score (nSPS) is 14.9. The van der Waals surface area contributed by atoms with Crippen LogP contribution in [-0.4, -0.2) is 47.4 Å². The van der Waals surface area contributed by atoms with Crippen LogP contribution in [-0.2, 0) is 0 Å². The summed E-state index contributed by atoms with van der Waals surface area (Å²) in [5.41, 5.74) is 6.42. The van der Waals surface area contributed by atoms with Crippen molar-refractivity contribution in [3.63, 3.8) is 0 Å². The number of H-pyrrole nitrogens is 1. The molecule has 2 aromatic carbocycles. The lowest BCUT2D eigenvalue weighted by atomic mass is 10.2. The van der Waals surface area contributed by atoms with Gasteiger partial charge in [0.1, 0.15) is 0 Å². The third-order valence-corrected chi connectivity index (χ3v) is 5.02. The van der Waals surface area contributed by atoms with Crippen LogP contribution >= 0.6 is 12.2 Å². The largest absolute Gasteiger partial charge is 0.368 e. The van der Waals surface area contributed by atoms with E-state index >= 15 is 0 Å². The van der Waals surface area contributed by atoms with Crippen LogP contribution < -0.4 is 10.3 Å². The van der Waals surface area contributed by atoms with E-state index in [9.17, 15) is 0 Å². The van der Waals surface area contributed by atoms with Gasteiger partial charge >= 0.3 is 0 Å². The fourth-order valence-corrected chi connectivity index (χ4v) is 3.47. The van der Waals surface area contributed by atoms with Crippen LogP contribution in [0.5, 0.6) is 0 Å². The number of thiocarbonyl (C=S) groups is 1. The molecule has 0 radical (unpaired) electrons. The Balaban J connectivity index is 1.32. The standard InChI is InChI=1S/C20H21N5S/c26-20(23-22-15-16-14-21-19-9-5-4-8-18(16)19)25-12-10-24(11-13-25)17-6-2-1-3-7-17/h1-9,14-15,21H,10-13H2,(H,23,26)/b22-15-. The number of anilines is 1. The topological polar surface area (TPSA) is 46.7 Å². The molecular formula is C20H21N5S. The van der Waals surface area contributed by atoms with Crippen molar-refractivity contribution in [2.24, 2.45) is 5.10 Å². The van der Waals surface area contributed by atoms with Gasteiger partial charge in [0.05, 0.1) is 6.21 Å². The number of hydrogen-bond acceptors (Lipinski definition) is 3. The van der Waals surface area contributed by atoms with E-state index in [0.717, 1.165) is 42.6 Å². The zero-order valence-electron chi connectivity index (χ0n) is 14.4. The number of fused-ring (bicyclic) bond motifs is 1. The van der Waals surface area contributed by atoms with Gasteiger partial charge in [-0.2, -0.15) is 5.10 Å². The molecule has 1 aliphatic rings. The van der Waals surface area contributed by atoms with Crippen LogP contribution in [0.3, 0.4) is 0 Å². The second-order valence-corrected chi connectivity index (χ2v) is 6.66. The summed E-state index contributed by atoms with van der Waals surface area (Å²) in [7, 11) is 0. The molecule has 0 saturated carbocycles. The first-order valence-electron chi connectivity index (χ1n) is 8.75. The molecule has 0 atom stereocenters. The zero-order chi connectivity index (χ0) is 17.8. The van der Waals surface area contributed by atoms with E-state index in [0.29, 0.717) is 5.11 Å². The van der Waals surface area contributed by atoms with Gasteiger partial charge in [0.15, 0.2) is 5.11 Å². The fraction of sp³-hybridized carbons (Fsp3) is 0.200. The molecule has 0 amide bonds. The highest BCUT2D eigenvalue weighted by atomic mass is 32.1. The van der Waals surface area contributed by atoms with Gasteiger partial charge in [0.25, 0.3) is 0 Å². The second kappa shape index (κ2) is 7.58. The summed E-state index contributed by atoms with van der Waals surface area (Å²) in [4.78, 5) is 7.79. The number of aromatic nitrogens is 1. The summed E-state index contributed by atoms with van der Waals surface area (Å²) < 4.78 is 0. The van der Waals surface area contributed by atoms with Gasteiger partial charge in [-0.15, -0.1) is 0 Å². The number of para-hydroxylation sites is 2. The molecule has 26 heavy (non-hydrogen) atoms. The predicted octanol–water partition coefficient (Wildman–Crippen LogP) is 3.20. The van der Waals surface area contributed by atoms with Gasteiger partial charge in [-0.3, -0.25) is 5.43 Å². The van der Waals surface area contributed by atoms with Crippen molar-refractivity contribution in [3.8, 4) is 0 Å². The maximum atomic E-state index is 5.49. The zero-order valence-corrected chi connectivity index (χ0v) is 15.2. The lowest BCUT2D eigenvalue weighted by Gasteiger charge is -2.36. The Morgan fingerprint density at radius 3 is 2.54 bits per heavy atom. The van der Waals surface area contributed by atoms with E-state index < -0.39 is 0 Å². The molecule has 0 aliphatic carbocycles. The van der Waals surface area contributed by atoms with Gasteiger partial charge < -0.3 is 14.8 Å². The smallest absolute Gasteiger partial charge is 0.189 e. The Morgan fingerprint density at radius 1 is 1.00 bits per heavy atom. The van der Waals surface area contributed by atoms with E-state index in [2.05, 4.69) is 61.7 Å². The molecular weight excluding hydrogens is 342 g/mol. The summed E-state index contributed by atoms with van der Waals surface area (Å²) in [5.74, 6) is 0. The minimum Gasteiger partial charge on any atom is -0.368 e. The van der Waals surface area contributed by atoms with E-state index in [1.54, 1.807) is 0 Å². The lowest BCUT2D eigenvalue weighted by Crippen LogP contribution is -2.51. The quantitative estimate of drug-likeness (QED) is 0.426. The Labute approximate surface area is 158 Å². The van der Waals surface area contributed by atoms with Gasteiger partial charge in [0, 0.05) is 54.5 Å². The minimum atomic E-state index is 0.675. The third-order valence-electron chi connectivity index (χ3n) is 4.67. The SMILES string of the molecule is S=C(N/N=C\c1c[nH]c2ccccc12)N1CCN(c2ccccc2)CC1. The van der Waals surface area contributed by atoms with Crippen LogP contribution in [0.25, 0.3) is 10.9 Å². The Bertz CT molecular complexity index is 910. The Morgan fingerprint density at radius 2 is 1.73 bits per heavy atom. The first-order valence-corrected chi connectivity index (χ1v) is 9.16. The molecule has 6 heteroatoms. The van der Waals surface area contributed by atoms with E-state index in [1.165, 1.54) is 5.69 Å². The number of hydrogen-bond donors (Lipinski definition) is 2. The maximum absolute atomic E-state index is 5.49. The number of rotatable bonds is 3. The molecule has 1 aromatic heterocycles. The third kappa shape index (κ3) is 3.55. The van der Waals surface area contributed by atoms with E-state index in [-0.39, 0.29) is 0 Å². The molecule has 132 valence electrons. The van der Waals surface area contributed by atoms with Crippen LogP contribution in [0, 0.1) is 0 Å². The highest BCUT2D eigenvalue weighted by Crippen LogP contribution is 2.16. The van der Waals surface area contributed by atoms with Crippen LogP contribution in [0.1, 0.15) is 5.56 Å². The predicted molar refractivity (Wildman–Crippen MR) is 112 cm³/mol. The maximum Gasteiger partial charge on any atom is 0.189 e. The first kappa shape index (κ1) is 16.6. The van der Waals surface area contributed by atoms with Crippen molar-refractivity contribution in [1.82, 2.24) is 15.3 Å². The number of hydrazone groups is 1. The summed E-state index contributed by atoms with van der Waals surface area (Å²) >= 11 is 5.49. The van der Waals surface area contributed by atoms with Crippen LogP contribution in [0.15, 0.2) is 65.9 Å². The molecule has 0 spiro atoms. The lowest BCUT2D eigenvalue weighted by molar-refractivity contribution is 0.381. The van der Waals surface area contributed by atoms with Gasteiger partial charge in [-0.05, 0) is 30.4 Å². The highest BCUT2D eigenvalue weighted by molar-refractivity contribution is 7.80. The minimum absolute atomic E-state index is 0.675. The van der Waals surface area contributed by atoms with Gasteiger partial charge in [-0.1, -0.05) is 36.4 Å². The number of nitrogens with zero attached hydrogens (tertiary/aromatic N) is 3. The van der Waals surface area contributed by atoms with Crippen molar-refractivity contribution < 1.29 is 0 Å².